The van der Waals surface area contributed by atoms with E-state index < -0.39 is 5.92 Å². The Morgan fingerprint density at radius 1 is 1.34 bits per heavy atom. The van der Waals surface area contributed by atoms with E-state index in [0.717, 1.165) is 36.9 Å². The zero-order chi connectivity index (χ0) is 20.4. The first-order valence-corrected chi connectivity index (χ1v) is 11.3. The standard InChI is InChI=1S/C21H25ClN4O2S/c1-14-5-7-25(8-6-14)12-17-13-29-21(23-17)24-20(28)15-9-19(27)26(11-15)18-4-2-3-16(22)10-18/h2-4,10,13-15H,5-9,11-12H2,1H3,(H,23,24,28). The first kappa shape index (κ1) is 20.3. The summed E-state index contributed by atoms with van der Waals surface area (Å²) in [4.78, 5) is 33.7. The highest BCUT2D eigenvalue weighted by Gasteiger charge is 2.35. The number of benzene rings is 1. The first-order valence-electron chi connectivity index (χ1n) is 10.0. The van der Waals surface area contributed by atoms with E-state index >= 15 is 0 Å². The molecule has 1 atom stereocenters. The highest BCUT2D eigenvalue weighted by molar-refractivity contribution is 7.13. The monoisotopic (exact) mass is 432 g/mol. The second kappa shape index (κ2) is 8.81. The summed E-state index contributed by atoms with van der Waals surface area (Å²) < 4.78 is 0. The van der Waals surface area contributed by atoms with Gasteiger partial charge in [-0.1, -0.05) is 24.6 Å². The number of hydrogen-bond acceptors (Lipinski definition) is 5. The molecular weight excluding hydrogens is 408 g/mol. The van der Waals surface area contributed by atoms with E-state index in [-0.39, 0.29) is 18.2 Å². The Kier molecular flexibility index (Phi) is 6.18. The minimum atomic E-state index is -0.391. The smallest absolute Gasteiger partial charge is 0.231 e. The minimum absolute atomic E-state index is 0.0634. The lowest BCUT2D eigenvalue weighted by Gasteiger charge is -2.29. The van der Waals surface area contributed by atoms with E-state index in [1.54, 1.807) is 23.1 Å². The Balaban J connectivity index is 1.33. The van der Waals surface area contributed by atoms with E-state index in [0.29, 0.717) is 16.7 Å². The third-order valence-corrected chi connectivity index (χ3v) is 6.70. The molecule has 1 unspecified atom stereocenters. The average molecular weight is 433 g/mol. The largest absolute Gasteiger partial charge is 0.312 e. The molecule has 2 aromatic rings. The van der Waals surface area contributed by atoms with Crippen molar-refractivity contribution in [3.05, 3.63) is 40.4 Å². The van der Waals surface area contributed by atoms with Gasteiger partial charge in [-0.15, -0.1) is 11.3 Å². The molecule has 8 heteroatoms. The molecule has 1 aromatic carbocycles. The molecule has 0 saturated carbocycles. The maximum Gasteiger partial charge on any atom is 0.231 e. The van der Waals surface area contributed by atoms with Crippen LogP contribution in [-0.2, 0) is 16.1 Å². The van der Waals surface area contributed by atoms with Gasteiger partial charge in [0.05, 0.1) is 11.6 Å². The summed E-state index contributed by atoms with van der Waals surface area (Å²) in [7, 11) is 0. The molecule has 0 spiro atoms. The summed E-state index contributed by atoms with van der Waals surface area (Å²) in [5.41, 5.74) is 1.72. The Bertz CT molecular complexity index is 894. The molecular formula is C21H25ClN4O2S. The molecule has 6 nitrogen and oxygen atoms in total. The molecule has 4 rings (SSSR count). The van der Waals surface area contributed by atoms with Gasteiger partial charge in [0.2, 0.25) is 11.8 Å². The fourth-order valence-electron chi connectivity index (χ4n) is 3.87. The fraction of sp³-hybridized carbons (Fsp3) is 0.476. The number of carbonyl (C=O) groups excluding carboxylic acids is 2. The number of piperidine rings is 1. The topological polar surface area (TPSA) is 65.5 Å². The number of nitrogens with zero attached hydrogens (tertiary/aromatic N) is 3. The third kappa shape index (κ3) is 4.97. The number of hydrogen-bond donors (Lipinski definition) is 1. The predicted molar refractivity (Wildman–Crippen MR) is 116 cm³/mol. The summed E-state index contributed by atoms with van der Waals surface area (Å²) in [6.07, 6.45) is 2.65. The Hall–Kier alpha value is -1.96. The zero-order valence-electron chi connectivity index (χ0n) is 16.4. The van der Waals surface area contributed by atoms with Crippen molar-refractivity contribution >= 4 is 45.6 Å². The average Bonchev–Trinajstić information content (AvgIpc) is 3.30. The Morgan fingerprint density at radius 2 is 2.14 bits per heavy atom. The van der Waals surface area contributed by atoms with Gasteiger partial charge in [0, 0.05) is 35.6 Å². The van der Waals surface area contributed by atoms with Gasteiger partial charge in [0.25, 0.3) is 0 Å². The summed E-state index contributed by atoms with van der Waals surface area (Å²) in [5, 5.41) is 6.08. The molecule has 2 saturated heterocycles. The van der Waals surface area contributed by atoms with E-state index in [9.17, 15) is 9.59 Å². The van der Waals surface area contributed by atoms with Crippen LogP contribution in [-0.4, -0.2) is 41.3 Å². The van der Waals surface area contributed by atoms with Gasteiger partial charge in [-0.3, -0.25) is 14.5 Å². The number of halogens is 1. The zero-order valence-corrected chi connectivity index (χ0v) is 18.0. The molecule has 2 amide bonds. The van der Waals surface area contributed by atoms with Crippen LogP contribution in [0, 0.1) is 11.8 Å². The molecule has 1 aromatic heterocycles. The molecule has 0 aliphatic carbocycles. The summed E-state index contributed by atoms with van der Waals surface area (Å²) >= 11 is 7.47. The summed E-state index contributed by atoms with van der Waals surface area (Å²) in [6, 6.07) is 7.14. The van der Waals surface area contributed by atoms with Gasteiger partial charge in [0.15, 0.2) is 5.13 Å². The van der Waals surface area contributed by atoms with Crippen LogP contribution in [0.1, 0.15) is 31.9 Å². The van der Waals surface area contributed by atoms with Crippen molar-refractivity contribution in [1.82, 2.24) is 9.88 Å². The van der Waals surface area contributed by atoms with Crippen molar-refractivity contribution in [2.24, 2.45) is 11.8 Å². The lowest BCUT2D eigenvalue weighted by molar-refractivity contribution is -0.122. The number of nitrogens with one attached hydrogen (secondary N) is 1. The van der Waals surface area contributed by atoms with Crippen LogP contribution < -0.4 is 10.2 Å². The van der Waals surface area contributed by atoms with Gasteiger partial charge in [0.1, 0.15) is 0 Å². The maximum absolute atomic E-state index is 12.7. The van der Waals surface area contributed by atoms with Crippen LogP contribution in [0.3, 0.4) is 0 Å². The van der Waals surface area contributed by atoms with Crippen molar-refractivity contribution in [3.63, 3.8) is 0 Å². The van der Waals surface area contributed by atoms with Gasteiger partial charge >= 0.3 is 0 Å². The number of rotatable bonds is 5. The van der Waals surface area contributed by atoms with E-state index in [2.05, 4.69) is 22.1 Å². The molecule has 0 radical (unpaired) electrons. The van der Waals surface area contributed by atoms with E-state index in [1.807, 2.05) is 11.4 Å². The van der Waals surface area contributed by atoms with Crippen LogP contribution in [0.15, 0.2) is 29.6 Å². The molecule has 2 fully saturated rings. The number of aromatic nitrogens is 1. The number of amides is 2. The van der Waals surface area contributed by atoms with Crippen LogP contribution in [0.4, 0.5) is 10.8 Å². The summed E-state index contributed by atoms with van der Waals surface area (Å²) in [6.45, 7) is 5.68. The Labute approximate surface area is 179 Å². The third-order valence-electron chi connectivity index (χ3n) is 5.66. The second-order valence-corrected chi connectivity index (χ2v) is 9.27. The van der Waals surface area contributed by atoms with E-state index in [1.165, 1.54) is 24.2 Å². The summed E-state index contributed by atoms with van der Waals surface area (Å²) in [5.74, 6) is 0.191. The fourth-order valence-corrected chi connectivity index (χ4v) is 4.76. The van der Waals surface area contributed by atoms with Crippen molar-refractivity contribution in [1.29, 1.82) is 0 Å². The highest BCUT2D eigenvalue weighted by atomic mass is 35.5. The molecule has 154 valence electrons. The second-order valence-electron chi connectivity index (χ2n) is 7.98. The lowest BCUT2D eigenvalue weighted by Crippen LogP contribution is -2.32. The molecule has 0 bridgehead atoms. The number of carbonyl (C=O) groups is 2. The van der Waals surface area contributed by atoms with Gasteiger partial charge in [-0.05, 0) is 50.0 Å². The van der Waals surface area contributed by atoms with Crippen molar-refractivity contribution in [2.75, 3.05) is 29.9 Å². The van der Waals surface area contributed by atoms with Crippen molar-refractivity contribution < 1.29 is 9.59 Å². The molecule has 2 aliphatic rings. The Morgan fingerprint density at radius 3 is 2.90 bits per heavy atom. The molecule has 3 heterocycles. The molecule has 1 N–H and O–H groups in total. The quantitative estimate of drug-likeness (QED) is 0.774. The normalized spacial score (nSPS) is 21.0. The van der Waals surface area contributed by atoms with Crippen molar-refractivity contribution in [2.45, 2.75) is 32.7 Å². The van der Waals surface area contributed by atoms with Gasteiger partial charge in [-0.25, -0.2) is 4.98 Å². The van der Waals surface area contributed by atoms with Crippen molar-refractivity contribution in [3.8, 4) is 0 Å². The first-order chi connectivity index (χ1) is 14.0. The van der Waals surface area contributed by atoms with Gasteiger partial charge < -0.3 is 10.2 Å². The van der Waals surface area contributed by atoms with Gasteiger partial charge in [-0.2, -0.15) is 0 Å². The number of anilines is 2. The predicted octanol–water partition coefficient (Wildman–Crippen LogP) is 4.02. The van der Waals surface area contributed by atoms with Crippen LogP contribution in [0.25, 0.3) is 0 Å². The number of likely N-dealkylation sites (tertiary alicyclic amines) is 1. The lowest BCUT2D eigenvalue weighted by atomic mass is 9.99. The maximum atomic E-state index is 12.7. The molecule has 2 aliphatic heterocycles. The minimum Gasteiger partial charge on any atom is -0.312 e. The van der Waals surface area contributed by atoms with Crippen LogP contribution in [0.2, 0.25) is 5.02 Å². The van der Waals surface area contributed by atoms with Crippen LogP contribution in [0.5, 0.6) is 0 Å². The van der Waals surface area contributed by atoms with Crippen LogP contribution >= 0.6 is 22.9 Å². The SMILES string of the molecule is CC1CCN(Cc2csc(NC(=O)C3CC(=O)N(c4cccc(Cl)c4)C3)n2)CC1. The number of thiazole rings is 1. The van der Waals surface area contributed by atoms with E-state index in [4.69, 9.17) is 11.6 Å². The highest BCUT2D eigenvalue weighted by Crippen LogP contribution is 2.28. The molecule has 29 heavy (non-hydrogen) atoms.